The molecule has 7 nitrogen and oxygen atoms in total. The van der Waals surface area contributed by atoms with Crippen molar-refractivity contribution in [2.75, 3.05) is 27.3 Å². The maximum Gasteiger partial charge on any atom is 0.239 e. The van der Waals surface area contributed by atoms with Crippen molar-refractivity contribution in [3.05, 3.63) is 23.8 Å². The Kier molecular flexibility index (Phi) is 4.99. The van der Waals surface area contributed by atoms with E-state index >= 15 is 0 Å². The summed E-state index contributed by atoms with van der Waals surface area (Å²) in [4.78, 5) is 23.0. The van der Waals surface area contributed by atoms with Gasteiger partial charge in [-0.25, -0.2) is 0 Å². The molecule has 3 N–H and O–H groups in total. The van der Waals surface area contributed by atoms with Crippen molar-refractivity contribution in [2.24, 2.45) is 0 Å². The Hall–Kier alpha value is -2.28. The minimum Gasteiger partial charge on any atom is -0.497 e. The Morgan fingerprint density at radius 1 is 1.38 bits per heavy atom. The number of ether oxygens (including phenoxy) is 2. The molecule has 1 aromatic rings. The molecule has 2 amide bonds. The molecule has 0 aromatic heterocycles. The number of piperazine rings is 1. The van der Waals surface area contributed by atoms with E-state index in [4.69, 9.17) is 9.47 Å². The molecule has 0 aliphatic carbocycles. The third-order valence-electron chi connectivity index (χ3n) is 3.28. The van der Waals surface area contributed by atoms with Crippen molar-refractivity contribution in [3.63, 3.8) is 0 Å². The lowest BCUT2D eigenvalue weighted by Gasteiger charge is -2.23. The molecule has 114 valence electrons. The zero-order valence-electron chi connectivity index (χ0n) is 12.1. The van der Waals surface area contributed by atoms with Crippen LogP contribution in [0.15, 0.2) is 18.2 Å². The van der Waals surface area contributed by atoms with Gasteiger partial charge in [-0.05, 0) is 12.1 Å². The van der Waals surface area contributed by atoms with Crippen LogP contribution in [-0.2, 0) is 16.1 Å². The van der Waals surface area contributed by atoms with Crippen molar-refractivity contribution in [3.8, 4) is 11.5 Å². The maximum absolute atomic E-state index is 12.0. The van der Waals surface area contributed by atoms with Crippen LogP contribution in [0.4, 0.5) is 0 Å². The molecule has 0 saturated carbocycles. The number of hydrogen-bond donors (Lipinski definition) is 3. The lowest BCUT2D eigenvalue weighted by molar-refractivity contribution is -0.126. The van der Waals surface area contributed by atoms with Gasteiger partial charge in [0.15, 0.2) is 0 Å². The molecular formula is C14H19N3O4. The van der Waals surface area contributed by atoms with Gasteiger partial charge in [-0.3, -0.25) is 14.9 Å². The first kappa shape index (κ1) is 15.1. The molecule has 1 unspecified atom stereocenters. The molecule has 1 aromatic carbocycles. The first-order valence-electron chi connectivity index (χ1n) is 6.62. The van der Waals surface area contributed by atoms with Crippen LogP contribution >= 0.6 is 0 Å². The van der Waals surface area contributed by atoms with Gasteiger partial charge in [0.2, 0.25) is 11.8 Å². The van der Waals surface area contributed by atoms with Crippen molar-refractivity contribution < 1.29 is 19.1 Å². The van der Waals surface area contributed by atoms with Crippen LogP contribution in [0.3, 0.4) is 0 Å². The summed E-state index contributed by atoms with van der Waals surface area (Å²) in [5, 5.41) is 8.34. The number of methoxy groups -OCH3 is 2. The molecule has 0 bridgehead atoms. The molecule has 1 aliphatic rings. The Labute approximate surface area is 123 Å². The summed E-state index contributed by atoms with van der Waals surface area (Å²) >= 11 is 0. The largest absolute Gasteiger partial charge is 0.497 e. The van der Waals surface area contributed by atoms with Crippen molar-refractivity contribution in [2.45, 2.75) is 12.6 Å². The van der Waals surface area contributed by atoms with E-state index in [0.717, 1.165) is 5.56 Å². The second kappa shape index (κ2) is 6.94. The molecule has 2 rings (SSSR count). The zero-order valence-corrected chi connectivity index (χ0v) is 12.1. The van der Waals surface area contributed by atoms with E-state index in [-0.39, 0.29) is 18.4 Å². The maximum atomic E-state index is 12.0. The van der Waals surface area contributed by atoms with Crippen molar-refractivity contribution in [1.29, 1.82) is 0 Å². The van der Waals surface area contributed by atoms with Gasteiger partial charge < -0.3 is 20.1 Å². The van der Waals surface area contributed by atoms with Gasteiger partial charge in [0.1, 0.15) is 17.5 Å². The van der Waals surface area contributed by atoms with Crippen molar-refractivity contribution in [1.82, 2.24) is 16.0 Å². The predicted molar refractivity (Wildman–Crippen MR) is 76.2 cm³/mol. The van der Waals surface area contributed by atoms with Crippen molar-refractivity contribution >= 4 is 11.8 Å². The van der Waals surface area contributed by atoms with Crippen LogP contribution in [0.25, 0.3) is 0 Å². The first-order chi connectivity index (χ1) is 10.1. The minimum absolute atomic E-state index is 0.101. The molecule has 1 atom stereocenters. The van der Waals surface area contributed by atoms with E-state index < -0.39 is 6.04 Å². The number of carbonyl (C=O) groups is 2. The number of carbonyl (C=O) groups excluding carboxylic acids is 2. The Balaban J connectivity index is 1.93. The average Bonchev–Trinajstić information content (AvgIpc) is 2.53. The highest BCUT2D eigenvalue weighted by molar-refractivity contribution is 5.86. The average molecular weight is 293 g/mol. The fourth-order valence-corrected chi connectivity index (χ4v) is 2.06. The van der Waals surface area contributed by atoms with Gasteiger partial charge in [0, 0.05) is 24.7 Å². The van der Waals surface area contributed by atoms with Gasteiger partial charge in [-0.1, -0.05) is 0 Å². The van der Waals surface area contributed by atoms with E-state index in [1.54, 1.807) is 20.3 Å². The number of rotatable bonds is 5. The molecule has 7 heteroatoms. The summed E-state index contributed by atoms with van der Waals surface area (Å²) in [6, 6.07) is 5.00. The minimum atomic E-state index is -0.410. The highest BCUT2D eigenvalue weighted by Crippen LogP contribution is 2.24. The second-order valence-corrected chi connectivity index (χ2v) is 4.63. The summed E-state index contributed by atoms with van der Waals surface area (Å²) in [5.74, 6) is 1.09. The predicted octanol–water partition coefficient (Wildman–Crippen LogP) is -0.592. The quantitative estimate of drug-likeness (QED) is 0.675. The van der Waals surface area contributed by atoms with Crippen LogP contribution in [0, 0.1) is 0 Å². The van der Waals surface area contributed by atoms with Gasteiger partial charge in [0.05, 0.1) is 20.8 Å². The van der Waals surface area contributed by atoms with Crippen LogP contribution in [0.1, 0.15) is 5.56 Å². The third kappa shape index (κ3) is 3.85. The molecule has 0 radical (unpaired) electrons. The lowest BCUT2D eigenvalue weighted by Crippen LogP contribution is -2.57. The van der Waals surface area contributed by atoms with E-state index in [2.05, 4.69) is 16.0 Å². The SMILES string of the molecule is COc1ccc(CNC(=O)C2CNC(=O)CN2)c(OC)c1. The number of nitrogens with one attached hydrogen (secondary N) is 3. The number of benzene rings is 1. The van der Waals surface area contributed by atoms with Crippen LogP contribution < -0.4 is 25.4 Å². The Bertz CT molecular complexity index is 523. The highest BCUT2D eigenvalue weighted by Gasteiger charge is 2.23. The number of hydrogen-bond acceptors (Lipinski definition) is 5. The zero-order chi connectivity index (χ0) is 15.2. The van der Waals surface area contributed by atoms with E-state index in [1.807, 2.05) is 12.1 Å². The lowest BCUT2D eigenvalue weighted by atomic mass is 10.1. The summed E-state index contributed by atoms with van der Waals surface area (Å²) in [5.41, 5.74) is 0.853. The fraction of sp³-hybridized carbons (Fsp3) is 0.429. The third-order valence-corrected chi connectivity index (χ3v) is 3.28. The standard InChI is InChI=1S/C14H19N3O4/c1-20-10-4-3-9(12(5-10)21-2)6-17-14(19)11-7-16-13(18)8-15-11/h3-5,11,15H,6-8H2,1-2H3,(H,16,18)(H,17,19). The van der Waals surface area contributed by atoms with Crippen LogP contribution in [0.2, 0.25) is 0 Å². The topological polar surface area (TPSA) is 88.7 Å². The molecule has 1 heterocycles. The summed E-state index contributed by atoms with van der Waals surface area (Å²) in [7, 11) is 3.15. The first-order valence-corrected chi connectivity index (χ1v) is 6.62. The van der Waals surface area contributed by atoms with Crippen LogP contribution in [-0.4, -0.2) is 45.2 Å². The summed E-state index contributed by atoms with van der Waals surface area (Å²) in [6.45, 7) is 0.798. The second-order valence-electron chi connectivity index (χ2n) is 4.63. The monoisotopic (exact) mass is 293 g/mol. The Morgan fingerprint density at radius 3 is 2.81 bits per heavy atom. The molecule has 21 heavy (non-hydrogen) atoms. The molecule has 1 saturated heterocycles. The number of amides is 2. The van der Waals surface area contributed by atoms with Gasteiger partial charge >= 0.3 is 0 Å². The van der Waals surface area contributed by atoms with E-state index in [1.165, 1.54) is 0 Å². The van der Waals surface area contributed by atoms with Gasteiger partial charge in [0.25, 0.3) is 0 Å². The smallest absolute Gasteiger partial charge is 0.239 e. The molecule has 0 spiro atoms. The molecular weight excluding hydrogens is 274 g/mol. The summed E-state index contributed by atoms with van der Waals surface area (Å²) < 4.78 is 10.4. The van der Waals surface area contributed by atoms with E-state index in [9.17, 15) is 9.59 Å². The Morgan fingerprint density at radius 2 is 2.19 bits per heavy atom. The van der Waals surface area contributed by atoms with Gasteiger partial charge in [-0.2, -0.15) is 0 Å². The summed E-state index contributed by atoms with van der Waals surface area (Å²) in [6.07, 6.45) is 0. The molecule has 1 fully saturated rings. The van der Waals surface area contributed by atoms with Gasteiger partial charge in [-0.15, -0.1) is 0 Å². The fourth-order valence-electron chi connectivity index (χ4n) is 2.06. The van der Waals surface area contributed by atoms with E-state index in [0.29, 0.717) is 24.6 Å². The highest BCUT2D eigenvalue weighted by atomic mass is 16.5. The van der Waals surface area contributed by atoms with Crippen LogP contribution in [0.5, 0.6) is 11.5 Å². The molecule has 1 aliphatic heterocycles. The normalized spacial score (nSPS) is 17.8.